The molecule has 11 heteroatoms. The lowest BCUT2D eigenvalue weighted by atomic mass is 10.5. The summed E-state index contributed by atoms with van der Waals surface area (Å²) in [4.78, 5) is 34.8. The monoisotopic (exact) mass is 501 g/mol. The molecule has 26 heavy (non-hydrogen) atoms. The summed E-state index contributed by atoms with van der Waals surface area (Å²) in [7, 11) is 0. The second-order valence-corrected chi connectivity index (χ2v) is 6.57. The molecule has 0 atom stereocenters. The first-order chi connectivity index (χ1) is 12.4. The lowest BCUT2D eigenvalue weighted by Gasteiger charge is -2.14. The van der Waals surface area contributed by atoms with Crippen LogP contribution in [-0.4, -0.2) is 87.2 Å². The Bertz CT molecular complexity index is 502. The fraction of sp³-hybridized carbons (Fsp3) is 0.667. The van der Waals surface area contributed by atoms with E-state index in [0.29, 0.717) is 39.6 Å². The third kappa shape index (κ3) is 8.69. The molecule has 1 N–H and O–H groups in total. The first-order valence-electron chi connectivity index (χ1n) is 7.89. The van der Waals surface area contributed by atoms with Crippen molar-refractivity contribution in [3.8, 4) is 0 Å². The standard InChI is InChI=1S/C15H21Br2NO8/c16-12-13(17)15(22)18(14(12)21)2-4-24-6-8-26-10-9-25-7-5-23-3-1-11(19)20/h1-10H2,(H,19,20). The Kier molecular flexibility index (Phi) is 11.9. The Hall–Kier alpha value is -0.850. The number of aliphatic carboxylic acids is 1. The summed E-state index contributed by atoms with van der Waals surface area (Å²) < 4.78 is 21.4. The molecule has 1 heterocycles. The highest BCUT2D eigenvalue weighted by Crippen LogP contribution is 2.28. The molecule has 1 aliphatic rings. The molecule has 2 amide bonds. The Morgan fingerprint density at radius 1 is 0.769 bits per heavy atom. The van der Waals surface area contributed by atoms with Crippen LogP contribution in [-0.2, 0) is 33.3 Å². The fourth-order valence-corrected chi connectivity index (χ4v) is 2.56. The van der Waals surface area contributed by atoms with Crippen LogP contribution in [0.25, 0.3) is 0 Å². The fourth-order valence-electron chi connectivity index (χ4n) is 1.80. The van der Waals surface area contributed by atoms with Crippen LogP contribution in [0, 0.1) is 0 Å². The topological polar surface area (TPSA) is 112 Å². The number of amides is 2. The van der Waals surface area contributed by atoms with Gasteiger partial charge >= 0.3 is 5.97 Å². The van der Waals surface area contributed by atoms with Crippen LogP contribution in [0.1, 0.15) is 6.42 Å². The summed E-state index contributed by atoms with van der Waals surface area (Å²) in [5, 5.41) is 8.41. The van der Waals surface area contributed by atoms with Crippen molar-refractivity contribution < 1.29 is 38.4 Å². The third-order valence-electron chi connectivity index (χ3n) is 3.09. The first-order valence-corrected chi connectivity index (χ1v) is 9.48. The molecule has 1 rings (SSSR count). The van der Waals surface area contributed by atoms with Gasteiger partial charge < -0.3 is 24.1 Å². The second-order valence-electron chi connectivity index (χ2n) is 4.98. The lowest BCUT2D eigenvalue weighted by molar-refractivity contribution is -0.139. The zero-order valence-corrected chi connectivity index (χ0v) is 17.3. The van der Waals surface area contributed by atoms with E-state index < -0.39 is 5.97 Å². The van der Waals surface area contributed by atoms with Gasteiger partial charge in [0.05, 0.1) is 65.8 Å². The molecule has 0 aromatic rings. The molecule has 0 aromatic carbocycles. The van der Waals surface area contributed by atoms with E-state index in [1.54, 1.807) is 0 Å². The van der Waals surface area contributed by atoms with Crippen LogP contribution in [0.5, 0.6) is 0 Å². The predicted octanol–water partition coefficient (Wildman–Crippen LogP) is 0.898. The van der Waals surface area contributed by atoms with Gasteiger partial charge in [-0.05, 0) is 31.9 Å². The summed E-state index contributed by atoms with van der Waals surface area (Å²) in [6.45, 7) is 2.78. The van der Waals surface area contributed by atoms with Crippen molar-refractivity contribution in [3.63, 3.8) is 0 Å². The summed E-state index contributed by atoms with van der Waals surface area (Å²) in [6.07, 6.45) is -0.0196. The van der Waals surface area contributed by atoms with Gasteiger partial charge in [-0.3, -0.25) is 19.3 Å². The van der Waals surface area contributed by atoms with Gasteiger partial charge in [0.2, 0.25) is 0 Å². The number of carboxylic acids is 1. The summed E-state index contributed by atoms with van der Waals surface area (Å²) in [5.41, 5.74) is 0. The van der Waals surface area contributed by atoms with Crippen LogP contribution in [0.4, 0.5) is 0 Å². The molecule has 1 aliphatic heterocycles. The average Bonchev–Trinajstić information content (AvgIpc) is 2.79. The van der Waals surface area contributed by atoms with Gasteiger partial charge in [0, 0.05) is 0 Å². The number of rotatable bonds is 15. The van der Waals surface area contributed by atoms with Gasteiger partial charge in [-0.1, -0.05) is 0 Å². The maximum absolute atomic E-state index is 11.7. The molecule has 0 saturated heterocycles. The molecule has 148 valence electrons. The van der Waals surface area contributed by atoms with E-state index in [0.717, 1.165) is 4.90 Å². The van der Waals surface area contributed by atoms with Crippen molar-refractivity contribution in [2.45, 2.75) is 6.42 Å². The van der Waals surface area contributed by atoms with Crippen molar-refractivity contribution in [3.05, 3.63) is 8.96 Å². The number of hydrogen-bond acceptors (Lipinski definition) is 7. The minimum atomic E-state index is -0.891. The van der Waals surface area contributed by atoms with Crippen LogP contribution >= 0.6 is 31.9 Å². The van der Waals surface area contributed by atoms with Gasteiger partial charge in [0.1, 0.15) is 8.96 Å². The molecule has 0 bridgehead atoms. The molecule has 9 nitrogen and oxygen atoms in total. The quantitative estimate of drug-likeness (QED) is 0.259. The van der Waals surface area contributed by atoms with Crippen molar-refractivity contribution >= 4 is 49.6 Å². The number of halogens is 2. The van der Waals surface area contributed by atoms with E-state index in [4.69, 9.17) is 24.1 Å². The molecule has 0 unspecified atom stereocenters. The molecule has 0 spiro atoms. The Labute approximate surface area is 167 Å². The van der Waals surface area contributed by atoms with Crippen molar-refractivity contribution in [2.75, 3.05) is 59.4 Å². The Morgan fingerprint density at radius 3 is 1.58 bits per heavy atom. The molecule has 0 aliphatic carbocycles. The van der Waals surface area contributed by atoms with E-state index in [9.17, 15) is 14.4 Å². The van der Waals surface area contributed by atoms with Gasteiger partial charge in [0.15, 0.2) is 0 Å². The smallest absolute Gasteiger partial charge is 0.305 e. The normalized spacial score (nSPS) is 14.6. The number of carbonyl (C=O) groups is 3. The highest BCUT2D eigenvalue weighted by atomic mass is 79.9. The third-order valence-corrected chi connectivity index (χ3v) is 5.10. The number of carboxylic acid groups (broad SMARTS) is 1. The van der Waals surface area contributed by atoms with Crippen LogP contribution in [0.15, 0.2) is 8.96 Å². The van der Waals surface area contributed by atoms with Gasteiger partial charge in [-0.25, -0.2) is 0 Å². The number of hydrogen-bond donors (Lipinski definition) is 1. The van der Waals surface area contributed by atoms with E-state index >= 15 is 0 Å². The maximum atomic E-state index is 11.7. The van der Waals surface area contributed by atoms with E-state index in [1.807, 2.05) is 0 Å². The molecule has 0 fully saturated rings. The molecule has 0 radical (unpaired) electrons. The summed E-state index contributed by atoms with van der Waals surface area (Å²) in [5.74, 6) is -1.66. The zero-order valence-electron chi connectivity index (χ0n) is 14.1. The highest BCUT2D eigenvalue weighted by Gasteiger charge is 2.35. The number of ether oxygens (including phenoxy) is 4. The first kappa shape index (κ1) is 23.2. The second kappa shape index (κ2) is 13.3. The van der Waals surface area contributed by atoms with E-state index in [2.05, 4.69) is 31.9 Å². The largest absolute Gasteiger partial charge is 0.481 e. The Morgan fingerprint density at radius 2 is 1.15 bits per heavy atom. The molecule has 0 saturated carbocycles. The Balaban J connectivity index is 1.87. The summed E-state index contributed by atoms with van der Waals surface area (Å²) in [6, 6.07) is 0. The lowest BCUT2D eigenvalue weighted by Crippen LogP contribution is -2.34. The van der Waals surface area contributed by atoms with E-state index in [1.165, 1.54) is 0 Å². The van der Waals surface area contributed by atoms with Crippen molar-refractivity contribution in [1.29, 1.82) is 0 Å². The van der Waals surface area contributed by atoms with Crippen molar-refractivity contribution in [2.24, 2.45) is 0 Å². The molecule has 0 aromatic heterocycles. The number of nitrogens with zero attached hydrogens (tertiary/aromatic N) is 1. The van der Waals surface area contributed by atoms with Gasteiger partial charge in [0.25, 0.3) is 11.8 Å². The minimum absolute atomic E-state index is 0.0196. The molecular weight excluding hydrogens is 482 g/mol. The molecular formula is C15H21Br2NO8. The number of carbonyl (C=O) groups excluding carboxylic acids is 2. The number of imide groups is 1. The zero-order chi connectivity index (χ0) is 19.4. The van der Waals surface area contributed by atoms with Gasteiger partial charge in [-0.2, -0.15) is 0 Å². The predicted molar refractivity (Wildman–Crippen MR) is 97.1 cm³/mol. The van der Waals surface area contributed by atoms with E-state index in [-0.39, 0.29) is 47.0 Å². The maximum Gasteiger partial charge on any atom is 0.305 e. The SMILES string of the molecule is O=C(O)CCOCCOCCOCCOCCN1C(=O)C(Br)=C(Br)C1=O. The minimum Gasteiger partial charge on any atom is -0.481 e. The van der Waals surface area contributed by atoms with Crippen LogP contribution < -0.4 is 0 Å². The van der Waals surface area contributed by atoms with Crippen LogP contribution in [0.3, 0.4) is 0 Å². The average molecular weight is 503 g/mol. The summed E-state index contributed by atoms with van der Waals surface area (Å²) >= 11 is 6.11. The van der Waals surface area contributed by atoms with Crippen molar-refractivity contribution in [1.82, 2.24) is 4.90 Å². The highest BCUT2D eigenvalue weighted by molar-refractivity contribution is 9.14. The van der Waals surface area contributed by atoms with Gasteiger partial charge in [-0.15, -0.1) is 0 Å². The van der Waals surface area contributed by atoms with Crippen LogP contribution in [0.2, 0.25) is 0 Å².